The normalized spacial score (nSPS) is 13.1. The van der Waals surface area contributed by atoms with E-state index in [1.165, 1.54) is 6.07 Å². The SMILES string of the molecule is Cc1c(F)cc(C(C)N)cc1I. The lowest BCUT2D eigenvalue weighted by Crippen LogP contribution is -2.06. The Morgan fingerprint density at radius 1 is 1.50 bits per heavy atom. The first-order chi connectivity index (χ1) is 5.52. The molecule has 0 radical (unpaired) electrons. The van der Waals surface area contributed by atoms with Gasteiger partial charge in [-0.1, -0.05) is 0 Å². The summed E-state index contributed by atoms with van der Waals surface area (Å²) in [7, 11) is 0. The molecule has 0 aliphatic rings. The Balaban J connectivity index is 3.21. The molecular weight excluding hydrogens is 268 g/mol. The van der Waals surface area contributed by atoms with E-state index in [0.717, 1.165) is 9.13 Å². The molecule has 0 aliphatic carbocycles. The fourth-order valence-corrected chi connectivity index (χ4v) is 1.55. The van der Waals surface area contributed by atoms with Crippen LogP contribution in [0.5, 0.6) is 0 Å². The van der Waals surface area contributed by atoms with Crippen molar-refractivity contribution in [3.8, 4) is 0 Å². The van der Waals surface area contributed by atoms with Crippen LogP contribution in [0.2, 0.25) is 0 Å². The van der Waals surface area contributed by atoms with Gasteiger partial charge in [0.15, 0.2) is 0 Å². The molecule has 1 aromatic carbocycles. The minimum atomic E-state index is -0.172. The van der Waals surface area contributed by atoms with Gasteiger partial charge in [0.1, 0.15) is 5.82 Å². The van der Waals surface area contributed by atoms with Gasteiger partial charge in [-0.15, -0.1) is 0 Å². The summed E-state index contributed by atoms with van der Waals surface area (Å²) in [4.78, 5) is 0. The van der Waals surface area contributed by atoms with Crippen molar-refractivity contribution < 1.29 is 4.39 Å². The Bertz CT molecular complexity index is 274. The van der Waals surface area contributed by atoms with E-state index in [1.807, 2.05) is 13.0 Å². The molecule has 0 saturated heterocycles. The molecule has 1 atom stereocenters. The van der Waals surface area contributed by atoms with Crippen LogP contribution in [0, 0.1) is 16.3 Å². The number of benzene rings is 1. The predicted molar refractivity (Wildman–Crippen MR) is 56.5 cm³/mol. The highest BCUT2D eigenvalue weighted by atomic mass is 127. The van der Waals surface area contributed by atoms with Crippen LogP contribution in [0.1, 0.15) is 24.1 Å². The molecule has 0 amide bonds. The van der Waals surface area contributed by atoms with E-state index in [2.05, 4.69) is 22.6 Å². The number of rotatable bonds is 1. The highest BCUT2D eigenvalue weighted by Crippen LogP contribution is 2.20. The topological polar surface area (TPSA) is 26.0 Å². The Hall–Kier alpha value is -0.160. The predicted octanol–water partition coefficient (Wildman–Crippen LogP) is 2.76. The lowest BCUT2D eigenvalue weighted by Gasteiger charge is -2.08. The zero-order valence-electron chi connectivity index (χ0n) is 7.07. The van der Waals surface area contributed by atoms with Gasteiger partial charge in [-0.25, -0.2) is 4.39 Å². The average Bonchev–Trinajstić information content (AvgIpc) is 1.99. The van der Waals surface area contributed by atoms with E-state index >= 15 is 0 Å². The van der Waals surface area contributed by atoms with E-state index < -0.39 is 0 Å². The summed E-state index contributed by atoms with van der Waals surface area (Å²) < 4.78 is 14.1. The molecular formula is C9H11FIN. The zero-order chi connectivity index (χ0) is 9.30. The summed E-state index contributed by atoms with van der Waals surface area (Å²) in [6.45, 7) is 3.61. The highest BCUT2D eigenvalue weighted by Gasteiger charge is 2.06. The molecule has 12 heavy (non-hydrogen) atoms. The summed E-state index contributed by atoms with van der Waals surface area (Å²) >= 11 is 2.11. The largest absolute Gasteiger partial charge is 0.324 e. The van der Waals surface area contributed by atoms with Gasteiger partial charge in [0.05, 0.1) is 0 Å². The van der Waals surface area contributed by atoms with E-state index in [4.69, 9.17) is 5.73 Å². The Labute approximate surface area is 85.3 Å². The first kappa shape index (κ1) is 9.92. The molecule has 1 nitrogen and oxygen atoms in total. The second-order valence-electron chi connectivity index (χ2n) is 2.90. The maximum Gasteiger partial charge on any atom is 0.127 e. The zero-order valence-corrected chi connectivity index (χ0v) is 9.22. The molecule has 0 aromatic heterocycles. The molecule has 0 saturated carbocycles. The van der Waals surface area contributed by atoms with Gasteiger partial charge in [0.25, 0.3) is 0 Å². The third-order valence-corrected chi connectivity index (χ3v) is 2.95. The van der Waals surface area contributed by atoms with Crippen LogP contribution in [0.15, 0.2) is 12.1 Å². The van der Waals surface area contributed by atoms with E-state index in [1.54, 1.807) is 6.92 Å². The van der Waals surface area contributed by atoms with Crippen LogP contribution >= 0.6 is 22.6 Å². The quantitative estimate of drug-likeness (QED) is 0.786. The third kappa shape index (κ3) is 1.95. The lowest BCUT2D eigenvalue weighted by atomic mass is 10.1. The van der Waals surface area contributed by atoms with Crippen molar-refractivity contribution in [1.82, 2.24) is 0 Å². The first-order valence-electron chi connectivity index (χ1n) is 3.73. The average molecular weight is 279 g/mol. The number of hydrogen-bond acceptors (Lipinski definition) is 1. The molecule has 1 unspecified atom stereocenters. The minimum absolute atomic E-state index is 0.103. The molecule has 0 heterocycles. The standard InChI is InChI=1S/C9H11FIN/c1-5-8(10)3-7(6(2)12)4-9(5)11/h3-4,6H,12H2,1-2H3. The van der Waals surface area contributed by atoms with Gasteiger partial charge in [0.2, 0.25) is 0 Å². The molecule has 1 aromatic rings. The maximum absolute atomic E-state index is 13.1. The van der Waals surface area contributed by atoms with Gasteiger partial charge in [-0.05, 0) is 59.7 Å². The van der Waals surface area contributed by atoms with Gasteiger partial charge >= 0.3 is 0 Å². The van der Waals surface area contributed by atoms with Crippen molar-refractivity contribution in [3.05, 3.63) is 32.6 Å². The minimum Gasteiger partial charge on any atom is -0.324 e. The second kappa shape index (κ2) is 3.70. The molecule has 0 bridgehead atoms. The number of nitrogens with two attached hydrogens (primary N) is 1. The fourth-order valence-electron chi connectivity index (χ4n) is 0.928. The smallest absolute Gasteiger partial charge is 0.127 e. The second-order valence-corrected chi connectivity index (χ2v) is 4.06. The van der Waals surface area contributed by atoms with Gasteiger partial charge < -0.3 is 5.73 Å². The van der Waals surface area contributed by atoms with Crippen LogP contribution in [0.25, 0.3) is 0 Å². The van der Waals surface area contributed by atoms with Crippen LogP contribution in [0.4, 0.5) is 4.39 Å². The van der Waals surface area contributed by atoms with Crippen molar-refractivity contribution in [1.29, 1.82) is 0 Å². The van der Waals surface area contributed by atoms with Crippen LogP contribution in [0.3, 0.4) is 0 Å². The summed E-state index contributed by atoms with van der Waals surface area (Å²) in [5.74, 6) is -0.172. The van der Waals surface area contributed by atoms with Crippen molar-refractivity contribution in [2.45, 2.75) is 19.9 Å². The first-order valence-corrected chi connectivity index (χ1v) is 4.81. The molecule has 0 fully saturated rings. The van der Waals surface area contributed by atoms with Crippen molar-refractivity contribution in [2.24, 2.45) is 5.73 Å². The number of halogens is 2. The van der Waals surface area contributed by atoms with Crippen LogP contribution in [-0.2, 0) is 0 Å². The molecule has 3 heteroatoms. The molecule has 0 aliphatic heterocycles. The van der Waals surface area contributed by atoms with Crippen molar-refractivity contribution in [3.63, 3.8) is 0 Å². The lowest BCUT2D eigenvalue weighted by molar-refractivity contribution is 0.611. The van der Waals surface area contributed by atoms with Gasteiger partial charge in [-0.2, -0.15) is 0 Å². The van der Waals surface area contributed by atoms with Crippen molar-refractivity contribution >= 4 is 22.6 Å². The van der Waals surface area contributed by atoms with Gasteiger partial charge in [-0.3, -0.25) is 0 Å². The van der Waals surface area contributed by atoms with E-state index in [9.17, 15) is 4.39 Å². The molecule has 0 spiro atoms. The highest BCUT2D eigenvalue weighted by molar-refractivity contribution is 14.1. The fraction of sp³-hybridized carbons (Fsp3) is 0.333. The molecule has 2 N–H and O–H groups in total. The van der Waals surface area contributed by atoms with E-state index in [0.29, 0.717) is 5.56 Å². The summed E-state index contributed by atoms with van der Waals surface area (Å²) in [5, 5.41) is 0. The van der Waals surface area contributed by atoms with E-state index in [-0.39, 0.29) is 11.9 Å². The molecule has 66 valence electrons. The van der Waals surface area contributed by atoms with Crippen molar-refractivity contribution in [2.75, 3.05) is 0 Å². The monoisotopic (exact) mass is 279 g/mol. The summed E-state index contributed by atoms with van der Waals surface area (Å²) in [6, 6.07) is 3.32. The van der Waals surface area contributed by atoms with Crippen LogP contribution < -0.4 is 5.73 Å². The Morgan fingerprint density at radius 3 is 2.50 bits per heavy atom. The summed E-state index contributed by atoms with van der Waals surface area (Å²) in [5.41, 5.74) is 7.18. The molecule has 1 rings (SSSR count). The Morgan fingerprint density at radius 2 is 2.08 bits per heavy atom. The Kier molecular flexibility index (Phi) is 3.06. The van der Waals surface area contributed by atoms with Crippen LogP contribution in [-0.4, -0.2) is 0 Å². The summed E-state index contributed by atoms with van der Waals surface area (Å²) in [6.07, 6.45) is 0. The third-order valence-electron chi connectivity index (χ3n) is 1.83. The number of hydrogen-bond donors (Lipinski definition) is 1. The maximum atomic E-state index is 13.1. The van der Waals surface area contributed by atoms with Gasteiger partial charge in [0, 0.05) is 9.61 Å².